The zero-order valence-electron chi connectivity index (χ0n) is 20.9. The fraction of sp³-hybridized carbons (Fsp3) is 0.519. The lowest BCUT2D eigenvalue weighted by molar-refractivity contribution is 0.0696. The Kier molecular flexibility index (Phi) is 7.71. The second-order valence-corrected chi connectivity index (χ2v) is 11.8. The number of nitrogens with one attached hydrogen (secondary N) is 2. The summed E-state index contributed by atoms with van der Waals surface area (Å²) in [5.41, 5.74) is 2.46. The molecule has 8 heteroatoms. The first kappa shape index (κ1) is 25.5. The molecule has 2 atom stereocenters. The van der Waals surface area contributed by atoms with E-state index < -0.39 is 16.0 Å². The van der Waals surface area contributed by atoms with Crippen LogP contribution >= 0.6 is 0 Å². The maximum atomic E-state index is 13.5. The minimum Gasteiger partial charge on any atom is -0.478 e. The number of carboxylic acids is 1. The molecule has 7 nitrogen and oxygen atoms in total. The Hall–Kier alpha value is -2.58. The van der Waals surface area contributed by atoms with Gasteiger partial charge in [0.15, 0.2) is 0 Å². The topological polar surface area (TPSA) is 98.7 Å². The van der Waals surface area contributed by atoms with E-state index in [-0.39, 0.29) is 22.1 Å². The summed E-state index contributed by atoms with van der Waals surface area (Å²) in [6, 6.07) is 11.3. The highest BCUT2D eigenvalue weighted by molar-refractivity contribution is 7.92. The second-order valence-electron chi connectivity index (χ2n) is 10.1. The third-order valence-corrected chi connectivity index (χ3v) is 8.85. The van der Waals surface area contributed by atoms with Gasteiger partial charge in [0.1, 0.15) is 4.90 Å². The number of hydrogen-bond acceptors (Lipinski definition) is 5. The smallest absolute Gasteiger partial charge is 0.338 e. The molecule has 1 saturated heterocycles. The van der Waals surface area contributed by atoms with E-state index in [1.54, 1.807) is 30.3 Å². The van der Waals surface area contributed by atoms with Crippen molar-refractivity contribution in [1.82, 2.24) is 4.90 Å². The number of hydrogen-bond donors (Lipinski definition) is 3. The first-order chi connectivity index (χ1) is 16.7. The average molecular weight is 500 g/mol. The standard InChI is InChI=1S/C27H37N3O4S/c1-18(2)30-17-7-10-21(30)15-16-28-22-11-4-5-12-24(22)35(33,34)29-23-14-13-20-9-6-8-19(3)25(20)26(23)27(31)32/h4-5,11-14,18-19,21,28-29H,6-10,15-17H2,1-3H3,(H,31,32). The van der Waals surface area contributed by atoms with Gasteiger partial charge in [-0.3, -0.25) is 9.62 Å². The highest BCUT2D eigenvalue weighted by Gasteiger charge is 2.29. The number of rotatable bonds is 9. The molecule has 0 bridgehead atoms. The molecule has 2 unspecified atom stereocenters. The fourth-order valence-corrected chi connectivity index (χ4v) is 7.03. The molecule has 35 heavy (non-hydrogen) atoms. The SMILES string of the molecule is CC1CCCc2ccc(NS(=O)(=O)c3ccccc3NCCC3CCCN3C(C)C)c(C(=O)O)c21. The number of likely N-dealkylation sites (tertiary alicyclic amines) is 1. The summed E-state index contributed by atoms with van der Waals surface area (Å²) in [6.45, 7) is 8.21. The summed E-state index contributed by atoms with van der Waals surface area (Å²) in [7, 11) is -4.00. The molecule has 0 amide bonds. The third kappa shape index (κ3) is 5.48. The summed E-state index contributed by atoms with van der Waals surface area (Å²) >= 11 is 0. The number of fused-ring (bicyclic) bond motifs is 1. The van der Waals surface area contributed by atoms with E-state index in [9.17, 15) is 18.3 Å². The molecule has 1 fully saturated rings. The molecule has 190 valence electrons. The quantitative estimate of drug-likeness (QED) is 0.433. The Morgan fingerprint density at radius 3 is 2.63 bits per heavy atom. The van der Waals surface area contributed by atoms with Gasteiger partial charge in [-0.1, -0.05) is 25.1 Å². The number of anilines is 2. The maximum Gasteiger partial charge on any atom is 0.338 e. The number of aryl methyl sites for hydroxylation is 1. The Balaban J connectivity index is 1.55. The van der Waals surface area contributed by atoms with Gasteiger partial charge in [-0.05, 0) is 94.2 Å². The molecule has 0 aromatic heterocycles. The number of sulfonamides is 1. The molecule has 0 spiro atoms. The van der Waals surface area contributed by atoms with Crippen LogP contribution in [0.15, 0.2) is 41.3 Å². The van der Waals surface area contributed by atoms with Crippen LogP contribution in [0.25, 0.3) is 0 Å². The molecule has 3 N–H and O–H groups in total. The Labute approximate surface area is 209 Å². The Morgan fingerprint density at radius 1 is 1.11 bits per heavy atom. The highest BCUT2D eigenvalue weighted by atomic mass is 32.2. The first-order valence-corrected chi connectivity index (χ1v) is 14.2. The van der Waals surface area contributed by atoms with Gasteiger partial charge in [-0.25, -0.2) is 13.2 Å². The average Bonchev–Trinajstić information content (AvgIpc) is 3.28. The van der Waals surface area contributed by atoms with E-state index in [4.69, 9.17) is 0 Å². The second kappa shape index (κ2) is 10.6. The van der Waals surface area contributed by atoms with Crippen molar-refractivity contribution in [2.24, 2.45) is 0 Å². The van der Waals surface area contributed by atoms with Crippen molar-refractivity contribution in [2.75, 3.05) is 23.1 Å². The van der Waals surface area contributed by atoms with Crippen LogP contribution in [0.5, 0.6) is 0 Å². The van der Waals surface area contributed by atoms with Crippen LogP contribution in [0.3, 0.4) is 0 Å². The van der Waals surface area contributed by atoms with Crippen molar-refractivity contribution in [3.63, 3.8) is 0 Å². The minimum absolute atomic E-state index is 0.0683. The molecule has 4 rings (SSSR count). The third-order valence-electron chi connectivity index (χ3n) is 7.43. The van der Waals surface area contributed by atoms with E-state index in [1.165, 1.54) is 6.42 Å². The lowest BCUT2D eigenvalue weighted by atomic mass is 9.80. The summed E-state index contributed by atoms with van der Waals surface area (Å²) in [5, 5.41) is 13.3. The highest BCUT2D eigenvalue weighted by Crippen LogP contribution is 2.38. The number of para-hydroxylation sites is 1. The minimum atomic E-state index is -4.00. The summed E-state index contributed by atoms with van der Waals surface area (Å²) in [6.07, 6.45) is 6.01. The predicted molar refractivity (Wildman–Crippen MR) is 140 cm³/mol. The zero-order valence-corrected chi connectivity index (χ0v) is 21.7. The number of nitrogens with zero attached hydrogens (tertiary/aromatic N) is 1. The van der Waals surface area contributed by atoms with E-state index in [0.29, 0.717) is 24.3 Å². The van der Waals surface area contributed by atoms with Gasteiger partial charge in [0.25, 0.3) is 10.0 Å². The molecule has 1 aliphatic heterocycles. The van der Waals surface area contributed by atoms with Crippen molar-refractivity contribution in [2.45, 2.75) is 82.2 Å². The molecule has 1 heterocycles. The van der Waals surface area contributed by atoms with E-state index in [1.807, 2.05) is 13.0 Å². The number of carboxylic acid groups (broad SMARTS) is 1. The molecular weight excluding hydrogens is 462 g/mol. The first-order valence-electron chi connectivity index (χ1n) is 12.7. The molecule has 2 aliphatic rings. The van der Waals surface area contributed by atoms with Crippen molar-refractivity contribution in [1.29, 1.82) is 0 Å². The van der Waals surface area contributed by atoms with E-state index in [2.05, 4.69) is 28.8 Å². The molecule has 0 radical (unpaired) electrons. The maximum absolute atomic E-state index is 13.5. The zero-order chi connectivity index (χ0) is 25.2. The van der Waals surface area contributed by atoms with Crippen LogP contribution in [0.2, 0.25) is 0 Å². The van der Waals surface area contributed by atoms with Crippen LogP contribution in [0.4, 0.5) is 11.4 Å². The van der Waals surface area contributed by atoms with E-state index in [0.717, 1.165) is 49.8 Å². The summed E-state index contributed by atoms with van der Waals surface area (Å²) < 4.78 is 29.5. The summed E-state index contributed by atoms with van der Waals surface area (Å²) in [5.74, 6) is -1.03. The van der Waals surface area contributed by atoms with Gasteiger partial charge in [0.05, 0.1) is 16.9 Å². The van der Waals surface area contributed by atoms with Gasteiger partial charge < -0.3 is 10.4 Å². The van der Waals surface area contributed by atoms with Crippen molar-refractivity contribution < 1.29 is 18.3 Å². The molecule has 2 aromatic carbocycles. The van der Waals surface area contributed by atoms with Gasteiger partial charge in [-0.15, -0.1) is 0 Å². The lowest BCUT2D eigenvalue weighted by Crippen LogP contribution is -2.36. The largest absolute Gasteiger partial charge is 0.478 e. The van der Waals surface area contributed by atoms with Gasteiger partial charge >= 0.3 is 5.97 Å². The lowest BCUT2D eigenvalue weighted by Gasteiger charge is -2.28. The van der Waals surface area contributed by atoms with Crippen molar-refractivity contribution in [3.8, 4) is 0 Å². The van der Waals surface area contributed by atoms with Crippen LogP contribution in [-0.4, -0.2) is 49.6 Å². The predicted octanol–water partition coefficient (Wildman–Crippen LogP) is 5.30. The van der Waals surface area contributed by atoms with Crippen LogP contribution < -0.4 is 10.0 Å². The van der Waals surface area contributed by atoms with Gasteiger partial charge in [-0.2, -0.15) is 0 Å². The molecule has 0 saturated carbocycles. The van der Waals surface area contributed by atoms with Gasteiger partial charge in [0.2, 0.25) is 0 Å². The molecular formula is C27H37N3O4S. The molecule has 2 aromatic rings. The number of carbonyl (C=O) groups is 1. The Bertz CT molecular complexity index is 1180. The number of benzene rings is 2. The number of aromatic carboxylic acids is 1. The van der Waals surface area contributed by atoms with Crippen LogP contribution in [-0.2, 0) is 16.4 Å². The normalized spacial score (nSPS) is 20.6. The van der Waals surface area contributed by atoms with Crippen LogP contribution in [0.1, 0.15) is 80.3 Å². The monoisotopic (exact) mass is 499 g/mol. The Morgan fingerprint density at radius 2 is 1.89 bits per heavy atom. The fourth-order valence-electron chi connectivity index (χ4n) is 5.77. The van der Waals surface area contributed by atoms with E-state index >= 15 is 0 Å². The van der Waals surface area contributed by atoms with Crippen molar-refractivity contribution >= 4 is 27.4 Å². The molecule has 1 aliphatic carbocycles. The van der Waals surface area contributed by atoms with Crippen LogP contribution in [0, 0.1) is 0 Å². The van der Waals surface area contributed by atoms with Gasteiger partial charge in [0, 0.05) is 18.6 Å². The van der Waals surface area contributed by atoms with Crippen molar-refractivity contribution in [3.05, 3.63) is 53.1 Å². The summed E-state index contributed by atoms with van der Waals surface area (Å²) in [4.78, 5) is 14.8.